The van der Waals surface area contributed by atoms with Gasteiger partial charge in [-0.05, 0) is 156 Å². The Balaban J connectivity index is 1.15. The standard InChI is InChI=1S/C67H61BN2OS/c1-63(2,3)36-21-24-38(25-22-36)70-52-33-42-41-30-48-49(66(9,10)28-27-65(48,7)8)34-47(41)67(11,12)46(42)31-45(52)57-58-40-18-13-15-19-54(40)71-62(58)59-44-29-37(64(4,5)6)23-26-51(44)69-53-35-56-43(39-17-14-16-20-55(39)72-56)32-50(53)68(70)60(57)61(59)69/h13-26,29-35H,27-28H2,1-12H3. The first-order valence-corrected chi connectivity index (χ1v) is 27.2. The number of rotatable bonds is 1. The van der Waals surface area contributed by atoms with Crippen molar-refractivity contribution >= 4 is 104 Å². The van der Waals surface area contributed by atoms with Gasteiger partial charge in [0.2, 0.25) is 0 Å². The number of hydrogen-bond acceptors (Lipinski definition) is 3. The number of thiophene rings is 1. The van der Waals surface area contributed by atoms with Crippen LogP contribution in [0.15, 0.2) is 132 Å². The monoisotopic (exact) mass is 952 g/mol. The van der Waals surface area contributed by atoms with E-state index in [9.17, 15) is 0 Å². The lowest BCUT2D eigenvalue weighted by molar-refractivity contribution is 0.331. The summed E-state index contributed by atoms with van der Waals surface area (Å²) in [6.45, 7) is 28.7. The number of aromatic nitrogens is 1. The lowest BCUT2D eigenvalue weighted by Gasteiger charge is -2.43. The summed E-state index contributed by atoms with van der Waals surface area (Å²) in [6, 6.07) is 50.4. The third kappa shape index (κ3) is 5.43. The molecule has 0 fully saturated rings. The van der Waals surface area contributed by atoms with Crippen LogP contribution in [0.4, 0.5) is 11.4 Å². The van der Waals surface area contributed by atoms with Crippen molar-refractivity contribution in [2.75, 3.05) is 4.81 Å². The number of furan rings is 1. The molecule has 72 heavy (non-hydrogen) atoms. The third-order valence-electron chi connectivity index (χ3n) is 18.3. The molecule has 0 saturated heterocycles. The molecule has 4 aliphatic rings. The molecule has 2 aliphatic carbocycles. The summed E-state index contributed by atoms with van der Waals surface area (Å²) in [5.41, 5.74) is 24.7. The normalized spacial score (nSPS) is 17.1. The summed E-state index contributed by atoms with van der Waals surface area (Å²) < 4.78 is 12.6. The highest BCUT2D eigenvalue weighted by molar-refractivity contribution is 7.26. The molecule has 0 N–H and O–H groups in total. The molecular formula is C67H61BN2OS. The van der Waals surface area contributed by atoms with Crippen molar-refractivity contribution < 1.29 is 4.42 Å². The third-order valence-corrected chi connectivity index (χ3v) is 19.5. The average molecular weight is 953 g/mol. The quantitative estimate of drug-likeness (QED) is 0.153. The van der Waals surface area contributed by atoms with Crippen LogP contribution in [0.3, 0.4) is 0 Å². The highest BCUT2D eigenvalue weighted by Gasteiger charge is 2.49. The predicted octanol–water partition coefficient (Wildman–Crippen LogP) is 17.5. The van der Waals surface area contributed by atoms with Crippen molar-refractivity contribution in [2.45, 2.75) is 123 Å². The molecule has 2 aliphatic heterocycles. The fourth-order valence-corrected chi connectivity index (χ4v) is 15.3. The second-order valence-electron chi connectivity index (χ2n) is 26.0. The number of fused-ring (bicyclic) bond motifs is 20. The van der Waals surface area contributed by atoms with Crippen LogP contribution in [0.2, 0.25) is 0 Å². The maximum absolute atomic E-state index is 7.36. The molecule has 0 atom stereocenters. The van der Waals surface area contributed by atoms with Gasteiger partial charge in [-0.25, -0.2) is 0 Å². The fraction of sp³-hybridized carbons (Fsp3) is 0.284. The highest BCUT2D eigenvalue weighted by Crippen LogP contribution is 2.59. The molecule has 0 saturated carbocycles. The molecule has 3 nitrogen and oxygen atoms in total. The molecule has 11 aromatic rings. The predicted molar refractivity (Wildman–Crippen MR) is 310 cm³/mol. The van der Waals surface area contributed by atoms with Crippen molar-refractivity contribution in [3.05, 3.63) is 161 Å². The van der Waals surface area contributed by atoms with Gasteiger partial charge in [0.15, 0.2) is 0 Å². The minimum atomic E-state index is -0.224. The summed E-state index contributed by atoms with van der Waals surface area (Å²) in [4.78, 5) is 2.76. The van der Waals surface area contributed by atoms with Crippen molar-refractivity contribution in [3.63, 3.8) is 0 Å². The molecule has 0 amide bonds. The van der Waals surface area contributed by atoms with Gasteiger partial charge in [0.1, 0.15) is 11.2 Å². The Hall–Kier alpha value is -6.56. The second-order valence-corrected chi connectivity index (χ2v) is 27.0. The Morgan fingerprint density at radius 2 is 1.18 bits per heavy atom. The fourth-order valence-electron chi connectivity index (χ4n) is 14.2. The molecule has 354 valence electrons. The van der Waals surface area contributed by atoms with Gasteiger partial charge < -0.3 is 13.8 Å². The van der Waals surface area contributed by atoms with Crippen LogP contribution in [0, 0.1) is 0 Å². The van der Waals surface area contributed by atoms with Crippen molar-refractivity contribution in [3.8, 4) is 27.9 Å². The van der Waals surface area contributed by atoms with E-state index in [1.165, 1.54) is 149 Å². The van der Waals surface area contributed by atoms with Gasteiger partial charge in [-0.2, -0.15) is 0 Å². The van der Waals surface area contributed by atoms with E-state index in [0.717, 1.165) is 11.2 Å². The molecule has 0 bridgehead atoms. The van der Waals surface area contributed by atoms with Crippen molar-refractivity contribution in [1.82, 2.24) is 4.57 Å². The summed E-state index contributed by atoms with van der Waals surface area (Å²) >= 11 is 1.91. The van der Waals surface area contributed by atoms with Gasteiger partial charge >= 0.3 is 6.85 Å². The minimum Gasteiger partial charge on any atom is -0.455 e. The highest BCUT2D eigenvalue weighted by atomic mass is 32.1. The summed E-state index contributed by atoms with van der Waals surface area (Å²) in [5, 5.41) is 7.50. The van der Waals surface area contributed by atoms with Gasteiger partial charge in [-0.3, -0.25) is 0 Å². The molecular weight excluding hydrogens is 892 g/mol. The van der Waals surface area contributed by atoms with Crippen molar-refractivity contribution in [2.24, 2.45) is 0 Å². The van der Waals surface area contributed by atoms with Crippen LogP contribution in [0.25, 0.3) is 91.9 Å². The first kappa shape index (κ1) is 43.1. The molecule has 8 aromatic carbocycles. The number of nitrogens with zero attached hydrogens (tertiary/aromatic N) is 2. The lowest BCUT2D eigenvalue weighted by Crippen LogP contribution is -2.60. The molecule has 15 rings (SSSR count). The zero-order chi connectivity index (χ0) is 49.5. The molecule has 0 unspecified atom stereocenters. The van der Waals surface area contributed by atoms with Crippen molar-refractivity contribution in [1.29, 1.82) is 0 Å². The maximum atomic E-state index is 7.36. The Bertz CT molecular complexity index is 4270. The minimum absolute atomic E-state index is 0.0124. The van der Waals surface area contributed by atoms with Gasteiger partial charge in [0.05, 0.1) is 16.4 Å². The van der Waals surface area contributed by atoms with Gasteiger partial charge in [0.25, 0.3) is 0 Å². The summed E-state index contributed by atoms with van der Waals surface area (Å²) in [7, 11) is 0. The Morgan fingerprint density at radius 3 is 1.92 bits per heavy atom. The molecule has 0 radical (unpaired) electrons. The van der Waals surface area contributed by atoms with Gasteiger partial charge in [-0.1, -0.05) is 150 Å². The van der Waals surface area contributed by atoms with E-state index in [-0.39, 0.29) is 33.9 Å². The zero-order valence-corrected chi connectivity index (χ0v) is 44.6. The first-order valence-electron chi connectivity index (χ1n) is 26.4. The summed E-state index contributed by atoms with van der Waals surface area (Å²) in [5.74, 6) is 0. The Kier molecular flexibility index (Phi) is 8.10. The van der Waals surface area contributed by atoms with E-state index in [0.29, 0.717) is 0 Å². The van der Waals surface area contributed by atoms with Crippen LogP contribution in [-0.2, 0) is 27.1 Å². The van der Waals surface area contributed by atoms with E-state index >= 15 is 0 Å². The van der Waals surface area contributed by atoms with Crippen LogP contribution in [0.5, 0.6) is 0 Å². The molecule has 5 heterocycles. The smallest absolute Gasteiger partial charge is 0.333 e. The number of hydrogen-bond donors (Lipinski definition) is 0. The van der Waals surface area contributed by atoms with E-state index in [2.05, 4.69) is 220 Å². The largest absolute Gasteiger partial charge is 0.455 e. The Morgan fingerprint density at radius 1 is 0.542 bits per heavy atom. The number of benzene rings is 8. The van der Waals surface area contributed by atoms with E-state index in [1.807, 2.05) is 11.3 Å². The molecule has 3 aromatic heterocycles. The van der Waals surface area contributed by atoms with Crippen LogP contribution in [0.1, 0.15) is 129 Å². The first-order chi connectivity index (χ1) is 34.2. The topological polar surface area (TPSA) is 21.3 Å². The van der Waals surface area contributed by atoms with Gasteiger partial charge in [0, 0.05) is 64.4 Å². The Labute approximate surface area is 427 Å². The van der Waals surface area contributed by atoms with E-state index < -0.39 is 0 Å². The van der Waals surface area contributed by atoms with Crippen LogP contribution < -0.4 is 15.7 Å². The van der Waals surface area contributed by atoms with E-state index in [1.54, 1.807) is 0 Å². The molecule has 0 spiro atoms. The van der Waals surface area contributed by atoms with Crippen LogP contribution >= 0.6 is 11.3 Å². The maximum Gasteiger partial charge on any atom is 0.333 e. The van der Waals surface area contributed by atoms with Gasteiger partial charge in [-0.15, -0.1) is 11.3 Å². The SMILES string of the molecule is CC(C)(C)c1ccc(N2B3c4cc5c(cc4-n4c6ccc(C(C)(C)C)cc6c6c7oc8ccccc8c7c(c3c64)-c3cc4c(cc32)-c2cc3c(cc2C4(C)C)C(C)(C)CCC3(C)C)sc2ccccc25)cc1. The molecule has 5 heteroatoms. The zero-order valence-electron chi connectivity index (χ0n) is 43.8. The number of anilines is 2. The number of para-hydroxylation sites is 1. The average Bonchev–Trinajstić information content (AvgIpc) is 4.07. The summed E-state index contributed by atoms with van der Waals surface area (Å²) in [6.07, 6.45) is 2.38. The lowest BCUT2D eigenvalue weighted by atomic mass is 9.43. The second kappa shape index (κ2) is 13.5. The van der Waals surface area contributed by atoms with Crippen LogP contribution in [-0.4, -0.2) is 11.4 Å². The van der Waals surface area contributed by atoms with E-state index in [4.69, 9.17) is 4.42 Å².